The predicted octanol–water partition coefficient (Wildman–Crippen LogP) is 1.55. The monoisotopic (exact) mass is 258 g/mol. The molecule has 1 aromatic carbocycles. The molecule has 19 heavy (non-hydrogen) atoms. The minimum atomic E-state index is 0.0150. The maximum atomic E-state index is 11.7. The normalized spacial score (nSPS) is 10.4. The minimum Gasteiger partial charge on any atom is -0.384 e. The van der Waals surface area contributed by atoms with E-state index in [1.54, 1.807) is 6.20 Å². The molecule has 4 N–H and O–H groups in total. The number of aromatic amines is 1. The van der Waals surface area contributed by atoms with Crippen molar-refractivity contribution in [3.05, 3.63) is 47.2 Å². The number of hydrogen-bond acceptors (Lipinski definition) is 3. The Bertz CT molecular complexity index is 545. The number of aryl methyl sites for hydroxylation is 2. The second-order valence-corrected chi connectivity index (χ2v) is 4.57. The highest BCUT2D eigenvalue weighted by atomic mass is 16.1. The van der Waals surface area contributed by atoms with Crippen LogP contribution in [0.4, 0.5) is 5.82 Å². The summed E-state index contributed by atoms with van der Waals surface area (Å²) < 4.78 is 0. The molecule has 0 fully saturated rings. The summed E-state index contributed by atoms with van der Waals surface area (Å²) in [6.07, 6.45) is 2.84. The molecule has 2 aromatic rings. The van der Waals surface area contributed by atoms with Crippen molar-refractivity contribution < 1.29 is 4.79 Å². The van der Waals surface area contributed by atoms with E-state index in [1.807, 2.05) is 6.92 Å². The number of aromatic nitrogens is 2. The third-order valence-electron chi connectivity index (χ3n) is 2.99. The molecule has 5 nitrogen and oxygen atoms in total. The Morgan fingerprint density at radius 3 is 2.74 bits per heavy atom. The van der Waals surface area contributed by atoms with Crippen LogP contribution in [0.2, 0.25) is 0 Å². The molecular formula is C14H18N4O. The fourth-order valence-corrected chi connectivity index (χ4v) is 1.76. The number of nitrogens with one attached hydrogen (secondary N) is 2. The van der Waals surface area contributed by atoms with Crippen molar-refractivity contribution in [1.29, 1.82) is 0 Å². The van der Waals surface area contributed by atoms with E-state index < -0.39 is 0 Å². The van der Waals surface area contributed by atoms with Gasteiger partial charge in [-0.3, -0.25) is 9.89 Å². The second-order valence-electron chi connectivity index (χ2n) is 4.57. The Morgan fingerprint density at radius 1 is 1.37 bits per heavy atom. The van der Waals surface area contributed by atoms with E-state index in [2.05, 4.69) is 39.8 Å². The van der Waals surface area contributed by atoms with Crippen molar-refractivity contribution in [2.24, 2.45) is 0 Å². The predicted molar refractivity (Wildman–Crippen MR) is 74.3 cm³/mol. The molecule has 0 saturated heterocycles. The first kappa shape index (κ1) is 13.1. The number of rotatable bonds is 5. The number of amides is 1. The standard InChI is InChI=1S/C14H18N4O/c1-10-2-4-11(5-3-10)6-7-13(19)16-8-12-9-17-18-14(12)15/h2-5,9H,6-8H2,1H3,(H,16,19)(H3,15,17,18). The third-order valence-corrected chi connectivity index (χ3v) is 2.99. The Labute approximate surface area is 112 Å². The zero-order valence-corrected chi connectivity index (χ0v) is 10.9. The van der Waals surface area contributed by atoms with Crippen LogP contribution < -0.4 is 11.1 Å². The van der Waals surface area contributed by atoms with Gasteiger partial charge in [0.2, 0.25) is 5.91 Å². The molecule has 5 heteroatoms. The van der Waals surface area contributed by atoms with Crippen LogP contribution in [-0.4, -0.2) is 16.1 Å². The maximum Gasteiger partial charge on any atom is 0.220 e. The summed E-state index contributed by atoms with van der Waals surface area (Å²) in [5.74, 6) is 0.514. The van der Waals surface area contributed by atoms with Gasteiger partial charge in [-0.25, -0.2) is 0 Å². The largest absolute Gasteiger partial charge is 0.384 e. The van der Waals surface area contributed by atoms with Crippen LogP contribution in [0, 0.1) is 6.92 Å². The lowest BCUT2D eigenvalue weighted by atomic mass is 10.1. The number of nitrogen functional groups attached to an aromatic ring is 1. The average molecular weight is 258 g/mol. The van der Waals surface area contributed by atoms with Crippen molar-refractivity contribution in [2.45, 2.75) is 26.3 Å². The number of hydrogen-bond donors (Lipinski definition) is 3. The number of nitrogens with zero attached hydrogens (tertiary/aromatic N) is 1. The van der Waals surface area contributed by atoms with Gasteiger partial charge >= 0.3 is 0 Å². The van der Waals surface area contributed by atoms with Crippen molar-refractivity contribution in [3.8, 4) is 0 Å². The molecule has 0 bridgehead atoms. The highest BCUT2D eigenvalue weighted by molar-refractivity contribution is 5.76. The molecule has 1 amide bonds. The molecule has 0 aliphatic carbocycles. The van der Waals surface area contributed by atoms with Gasteiger partial charge in [-0.05, 0) is 18.9 Å². The van der Waals surface area contributed by atoms with Crippen molar-refractivity contribution in [2.75, 3.05) is 5.73 Å². The van der Waals surface area contributed by atoms with Gasteiger partial charge in [-0.2, -0.15) is 5.10 Å². The lowest BCUT2D eigenvalue weighted by molar-refractivity contribution is -0.121. The van der Waals surface area contributed by atoms with Crippen LogP contribution in [0.1, 0.15) is 23.1 Å². The number of anilines is 1. The van der Waals surface area contributed by atoms with Crippen molar-refractivity contribution >= 4 is 11.7 Å². The van der Waals surface area contributed by atoms with Crippen molar-refractivity contribution in [1.82, 2.24) is 15.5 Å². The Balaban J connectivity index is 1.76. The minimum absolute atomic E-state index is 0.0150. The van der Waals surface area contributed by atoms with Crippen LogP contribution in [0.15, 0.2) is 30.5 Å². The van der Waals surface area contributed by atoms with E-state index >= 15 is 0 Å². The van der Waals surface area contributed by atoms with Gasteiger partial charge in [-0.1, -0.05) is 29.8 Å². The van der Waals surface area contributed by atoms with E-state index in [0.717, 1.165) is 12.0 Å². The van der Waals surface area contributed by atoms with Gasteiger partial charge in [0.1, 0.15) is 5.82 Å². The van der Waals surface area contributed by atoms with Gasteiger partial charge in [0.25, 0.3) is 0 Å². The zero-order valence-electron chi connectivity index (χ0n) is 10.9. The lowest BCUT2D eigenvalue weighted by Gasteiger charge is -2.05. The highest BCUT2D eigenvalue weighted by Gasteiger charge is 2.05. The van der Waals surface area contributed by atoms with Crippen LogP contribution in [-0.2, 0) is 17.8 Å². The number of H-pyrrole nitrogens is 1. The molecule has 0 radical (unpaired) electrons. The molecule has 1 heterocycles. The van der Waals surface area contributed by atoms with E-state index in [-0.39, 0.29) is 5.91 Å². The van der Waals surface area contributed by atoms with Gasteiger partial charge in [0.15, 0.2) is 0 Å². The van der Waals surface area contributed by atoms with E-state index in [4.69, 9.17) is 5.73 Å². The maximum absolute atomic E-state index is 11.7. The summed E-state index contributed by atoms with van der Waals surface area (Å²) in [6, 6.07) is 8.21. The van der Waals surface area contributed by atoms with E-state index in [1.165, 1.54) is 11.1 Å². The molecule has 2 rings (SSSR count). The molecule has 0 unspecified atom stereocenters. The van der Waals surface area contributed by atoms with Gasteiger partial charge in [0.05, 0.1) is 6.20 Å². The van der Waals surface area contributed by atoms with Crippen LogP contribution in [0.3, 0.4) is 0 Å². The lowest BCUT2D eigenvalue weighted by Crippen LogP contribution is -2.23. The summed E-state index contributed by atoms with van der Waals surface area (Å²) in [4.78, 5) is 11.7. The summed E-state index contributed by atoms with van der Waals surface area (Å²) in [6.45, 7) is 2.46. The first-order valence-corrected chi connectivity index (χ1v) is 6.25. The van der Waals surface area contributed by atoms with Gasteiger partial charge in [-0.15, -0.1) is 0 Å². The van der Waals surface area contributed by atoms with Crippen LogP contribution in [0.25, 0.3) is 0 Å². The number of carbonyl (C=O) groups is 1. The highest BCUT2D eigenvalue weighted by Crippen LogP contribution is 2.07. The summed E-state index contributed by atoms with van der Waals surface area (Å²) in [7, 11) is 0. The molecule has 0 atom stereocenters. The topological polar surface area (TPSA) is 83.8 Å². The molecule has 1 aromatic heterocycles. The molecule has 100 valence electrons. The third kappa shape index (κ3) is 3.84. The number of carbonyl (C=O) groups excluding carboxylic acids is 1. The van der Waals surface area contributed by atoms with Crippen LogP contribution in [0.5, 0.6) is 0 Å². The Hall–Kier alpha value is -2.30. The second kappa shape index (κ2) is 6.04. The molecule has 0 spiro atoms. The van der Waals surface area contributed by atoms with E-state index in [9.17, 15) is 4.79 Å². The van der Waals surface area contributed by atoms with Crippen LogP contribution >= 0.6 is 0 Å². The smallest absolute Gasteiger partial charge is 0.220 e. The SMILES string of the molecule is Cc1ccc(CCC(=O)NCc2cn[nH]c2N)cc1. The molecule has 0 aliphatic heterocycles. The quantitative estimate of drug-likeness (QED) is 0.760. The van der Waals surface area contributed by atoms with Gasteiger partial charge in [0, 0.05) is 18.5 Å². The zero-order chi connectivity index (χ0) is 13.7. The average Bonchev–Trinajstić information content (AvgIpc) is 2.81. The first-order valence-electron chi connectivity index (χ1n) is 6.25. The van der Waals surface area contributed by atoms with E-state index in [0.29, 0.717) is 18.8 Å². The van der Waals surface area contributed by atoms with Crippen molar-refractivity contribution in [3.63, 3.8) is 0 Å². The number of benzene rings is 1. The Kier molecular flexibility index (Phi) is 4.18. The fourth-order valence-electron chi connectivity index (χ4n) is 1.76. The Morgan fingerprint density at radius 2 is 2.11 bits per heavy atom. The molecule has 0 saturated carbocycles. The summed E-state index contributed by atoms with van der Waals surface area (Å²) in [5, 5.41) is 9.26. The fraction of sp³-hybridized carbons (Fsp3) is 0.286. The molecule has 0 aliphatic rings. The van der Waals surface area contributed by atoms with Gasteiger partial charge < -0.3 is 11.1 Å². The molecular weight excluding hydrogens is 240 g/mol. The summed E-state index contributed by atoms with van der Waals surface area (Å²) >= 11 is 0. The number of nitrogens with two attached hydrogens (primary N) is 1. The summed E-state index contributed by atoms with van der Waals surface area (Å²) in [5.41, 5.74) is 8.84. The first-order chi connectivity index (χ1) is 9.15.